The molecule has 1 saturated heterocycles. The number of hydrogen-bond acceptors (Lipinski definition) is 3. The SMILES string of the molecule is NCC(=O)NCC1CCSCC1. The molecule has 1 aliphatic heterocycles. The van der Waals surface area contributed by atoms with Gasteiger partial charge in [0.1, 0.15) is 0 Å². The van der Waals surface area contributed by atoms with Crippen molar-refractivity contribution in [3.63, 3.8) is 0 Å². The highest BCUT2D eigenvalue weighted by atomic mass is 32.2. The van der Waals surface area contributed by atoms with Gasteiger partial charge in [-0.3, -0.25) is 4.79 Å². The summed E-state index contributed by atoms with van der Waals surface area (Å²) in [5, 5.41) is 2.83. The molecule has 1 rings (SSSR count). The van der Waals surface area contributed by atoms with Crippen LogP contribution in [0.3, 0.4) is 0 Å². The standard InChI is InChI=1S/C8H16N2OS/c9-5-8(11)10-6-7-1-3-12-4-2-7/h7H,1-6,9H2,(H,10,11). The first kappa shape index (κ1) is 9.86. The lowest BCUT2D eigenvalue weighted by molar-refractivity contribution is -0.119. The number of amides is 1. The summed E-state index contributed by atoms with van der Waals surface area (Å²) in [4.78, 5) is 10.8. The van der Waals surface area contributed by atoms with E-state index in [0.717, 1.165) is 6.54 Å². The second-order valence-electron chi connectivity index (χ2n) is 3.06. The number of thioether (sulfide) groups is 1. The molecule has 0 atom stereocenters. The van der Waals surface area contributed by atoms with Crippen molar-refractivity contribution >= 4 is 17.7 Å². The van der Waals surface area contributed by atoms with E-state index in [0.29, 0.717) is 5.92 Å². The zero-order chi connectivity index (χ0) is 8.81. The molecule has 70 valence electrons. The smallest absolute Gasteiger partial charge is 0.233 e. The average Bonchev–Trinajstić information content (AvgIpc) is 2.16. The van der Waals surface area contributed by atoms with Crippen LogP contribution < -0.4 is 11.1 Å². The van der Waals surface area contributed by atoms with Crippen LogP contribution in [0.1, 0.15) is 12.8 Å². The second-order valence-corrected chi connectivity index (χ2v) is 4.29. The van der Waals surface area contributed by atoms with E-state index < -0.39 is 0 Å². The summed E-state index contributed by atoms with van der Waals surface area (Å²) in [6.45, 7) is 0.929. The molecule has 0 bridgehead atoms. The maximum atomic E-state index is 10.8. The van der Waals surface area contributed by atoms with Crippen molar-refractivity contribution in [3.05, 3.63) is 0 Å². The number of carbonyl (C=O) groups is 1. The predicted molar refractivity (Wildman–Crippen MR) is 52.1 cm³/mol. The highest BCUT2D eigenvalue weighted by molar-refractivity contribution is 7.99. The van der Waals surface area contributed by atoms with Gasteiger partial charge in [0.15, 0.2) is 0 Å². The number of nitrogens with one attached hydrogen (secondary N) is 1. The summed E-state index contributed by atoms with van der Waals surface area (Å²) in [6.07, 6.45) is 2.46. The van der Waals surface area contributed by atoms with Crippen LogP contribution in [0.4, 0.5) is 0 Å². The third-order valence-corrected chi connectivity index (χ3v) is 3.16. The molecule has 0 spiro atoms. The van der Waals surface area contributed by atoms with E-state index in [-0.39, 0.29) is 12.5 Å². The van der Waals surface area contributed by atoms with Crippen LogP contribution in [-0.2, 0) is 4.79 Å². The Labute approximate surface area is 77.5 Å². The molecular formula is C8H16N2OS. The molecule has 3 nitrogen and oxygen atoms in total. The Morgan fingerprint density at radius 1 is 1.50 bits per heavy atom. The fourth-order valence-electron chi connectivity index (χ4n) is 1.28. The Morgan fingerprint density at radius 3 is 2.75 bits per heavy atom. The molecule has 12 heavy (non-hydrogen) atoms. The largest absolute Gasteiger partial charge is 0.355 e. The molecule has 4 heteroatoms. The van der Waals surface area contributed by atoms with Crippen molar-refractivity contribution in [1.82, 2.24) is 5.32 Å². The van der Waals surface area contributed by atoms with Gasteiger partial charge < -0.3 is 11.1 Å². The zero-order valence-electron chi connectivity index (χ0n) is 7.21. The fraction of sp³-hybridized carbons (Fsp3) is 0.875. The summed E-state index contributed by atoms with van der Waals surface area (Å²) < 4.78 is 0. The summed E-state index contributed by atoms with van der Waals surface area (Å²) in [6, 6.07) is 0. The van der Waals surface area contributed by atoms with Crippen molar-refractivity contribution < 1.29 is 4.79 Å². The Hall–Kier alpha value is -0.220. The van der Waals surface area contributed by atoms with Gasteiger partial charge in [0.2, 0.25) is 5.91 Å². The molecule has 0 aromatic heterocycles. The van der Waals surface area contributed by atoms with E-state index in [4.69, 9.17) is 5.73 Å². The van der Waals surface area contributed by atoms with Gasteiger partial charge in [0.25, 0.3) is 0 Å². The third-order valence-electron chi connectivity index (χ3n) is 2.11. The van der Waals surface area contributed by atoms with E-state index in [1.165, 1.54) is 24.3 Å². The summed E-state index contributed by atoms with van der Waals surface area (Å²) in [5.74, 6) is 3.13. The van der Waals surface area contributed by atoms with Crippen LogP contribution in [0.15, 0.2) is 0 Å². The highest BCUT2D eigenvalue weighted by Crippen LogP contribution is 2.21. The maximum absolute atomic E-state index is 10.8. The lowest BCUT2D eigenvalue weighted by atomic mass is 10.0. The average molecular weight is 188 g/mol. The number of hydrogen-bond donors (Lipinski definition) is 2. The zero-order valence-corrected chi connectivity index (χ0v) is 8.03. The molecule has 0 saturated carbocycles. The normalized spacial score (nSPS) is 19.1. The molecular weight excluding hydrogens is 172 g/mol. The molecule has 1 amide bonds. The molecule has 1 aliphatic rings. The molecule has 3 N–H and O–H groups in total. The monoisotopic (exact) mass is 188 g/mol. The van der Waals surface area contributed by atoms with Gasteiger partial charge in [-0.25, -0.2) is 0 Å². The van der Waals surface area contributed by atoms with Gasteiger partial charge >= 0.3 is 0 Å². The van der Waals surface area contributed by atoms with Gasteiger partial charge in [-0.1, -0.05) is 0 Å². The second kappa shape index (κ2) is 5.43. The van der Waals surface area contributed by atoms with Gasteiger partial charge in [-0.15, -0.1) is 0 Å². The Morgan fingerprint density at radius 2 is 2.17 bits per heavy atom. The van der Waals surface area contributed by atoms with Crippen LogP contribution in [0.5, 0.6) is 0 Å². The molecule has 0 aromatic rings. The van der Waals surface area contributed by atoms with Crippen molar-refractivity contribution in [2.24, 2.45) is 11.7 Å². The van der Waals surface area contributed by atoms with Crippen LogP contribution in [0.25, 0.3) is 0 Å². The quantitative estimate of drug-likeness (QED) is 0.665. The van der Waals surface area contributed by atoms with E-state index in [9.17, 15) is 4.79 Å². The van der Waals surface area contributed by atoms with Crippen LogP contribution in [0.2, 0.25) is 0 Å². The minimum absolute atomic E-state index is 0.0340. The minimum atomic E-state index is -0.0340. The van der Waals surface area contributed by atoms with Crippen molar-refractivity contribution in [2.45, 2.75) is 12.8 Å². The molecule has 0 unspecified atom stereocenters. The Balaban J connectivity index is 2.09. The predicted octanol–water partition coefficient (Wildman–Crippen LogP) is 0.204. The summed E-state index contributed by atoms with van der Waals surface area (Å²) in [5.41, 5.74) is 5.17. The van der Waals surface area contributed by atoms with Gasteiger partial charge in [0.05, 0.1) is 6.54 Å². The van der Waals surface area contributed by atoms with E-state index in [1.54, 1.807) is 0 Å². The van der Waals surface area contributed by atoms with Crippen molar-refractivity contribution in [3.8, 4) is 0 Å². The van der Waals surface area contributed by atoms with Gasteiger partial charge in [-0.05, 0) is 30.3 Å². The summed E-state index contributed by atoms with van der Waals surface area (Å²) >= 11 is 2.00. The molecule has 0 aromatic carbocycles. The Bertz CT molecular complexity index is 146. The summed E-state index contributed by atoms with van der Waals surface area (Å²) in [7, 11) is 0. The lowest BCUT2D eigenvalue weighted by Crippen LogP contribution is -2.35. The first-order valence-corrected chi connectivity index (χ1v) is 5.53. The molecule has 0 radical (unpaired) electrons. The van der Waals surface area contributed by atoms with E-state index in [1.807, 2.05) is 11.8 Å². The highest BCUT2D eigenvalue weighted by Gasteiger charge is 2.13. The number of rotatable bonds is 3. The topological polar surface area (TPSA) is 55.1 Å². The Kier molecular flexibility index (Phi) is 4.46. The molecule has 1 fully saturated rings. The van der Waals surface area contributed by atoms with Crippen LogP contribution in [0, 0.1) is 5.92 Å². The van der Waals surface area contributed by atoms with Gasteiger partial charge in [0, 0.05) is 6.54 Å². The van der Waals surface area contributed by atoms with Gasteiger partial charge in [-0.2, -0.15) is 11.8 Å². The number of nitrogens with two attached hydrogens (primary N) is 1. The van der Waals surface area contributed by atoms with Crippen LogP contribution >= 0.6 is 11.8 Å². The molecule has 0 aliphatic carbocycles. The third kappa shape index (κ3) is 3.45. The molecule has 1 heterocycles. The van der Waals surface area contributed by atoms with E-state index >= 15 is 0 Å². The van der Waals surface area contributed by atoms with Crippen molar-refractivity contribution in [1.29, 1.82) is 0 Å². The number of carbonyl (C=O) groups excluding carboxylic acids is 1. The first-order chi connectivity index (χ1) is 5.83. The lowest BCUT2D eigenvalue weighted by Gasteiger charge is -2.21. The minimum Gasteiger partial charge on any atom is -0.355 e. The fourth-order valence-corrected chi connectivity index (χ4v) is 2.48. The first-order valence-electron chi connectivity index (χ1n) is 4.37. The van der Waals surface area contributed by atoms with Crippen molar-refractivity contribution in [2.75, 3.05) is 24.6 Å². The van der Waals surface area contributed by atoms with E-state index in [2.05, 4.69) is 5.32 Å². The van der Waals surface area contributed by atoms with Crippen LogP contribution in [-0.4, -0.2) is 30.5 Å². The maximum Gasteiger partial charge on any atom is 0.233 e.